The Morgan fingerprint density at radius 3 is 2.15 bits per heavy atom. The summed E-state index contributed by atoms with van der Waals surface area (Å²) in [6, 6.07) is 5.67. The van der Waals surface area contributed by atoms with E-state index in [9.17, 15) is 0 Å². The van der Waals surface area contributed by atoms with Gasteiger partial charge in [0.15, 0.2) is 0 Å². The summed E-state index contributed by atoms with van der Waals surface area (Å²) in [5, 5.41) is 9.13. The standard InChI is InChI=1S/C15H20BNO3/c1-10-12(7-11(9-17)8-13(10)18-6)16-19-14(2,3)15(4,5)20-16/h7-8H,1-6H3. The highest BCUT2D eigenvalue weighted by Gasteiger charge is 2.52. The Balaban J connectivity index is 2.47. The van der Waals surface area contributed by atoms with E-state index in [-0.39, 0.29) is 0 Å². The van der Waals surface area contributed by atoms with E-state index >= 15 is 0 Å². The summed E-state index contributed by atoms with van der Waals surface area (Å²) < 4.78 is 17.4. The van der Waals surface area contributed by atoms with Crippen LogP contribution in [0.15, 0.2) is 12.1 Å². The van der Waals surface area contributed by atoms with Crippen LogP contribution in [0.4, 0.5) is 0 Å². The van der Waals surface area contributed by atoms with Crippen molar-refractivity contribution in [1.82, 2.24) is 0 Å². The molecule has 20 heavy (non-hydrogen) atoms. The molecule has 1 fully saturated rings. The molecule has 1 aromatic rings. The molecule has 0 atom stereocenters. The average Bonchev–Trinajstić information content (AvgIpc) is 2.58. The van der Waals surface area contributed by atoms with Crippen molar-refractivity contribution < 1.29 is 14.0 Å². The van der Waals surface area contributed by atoms with Crippen LogP contribution in [-0.4, -0.2) is 25.4 Å². The van der Waals surface area contributed by atoms with Crippen LogP contribution in [0.2, 0.25) is 0 Å². The summed E-state index contributed by atoms with van der Waals surface area (Å²) in [5.41, 5.74) is 1.52. The van der Waals surface area contributed by atoms with Crippen LogP contribution in [0, 0.1) is 18.3 Å². The zero-order valence-corrected chi connectivity index (χ0v) is 12.9. The lowest BCUT2D eigenvalue weighted by molar-refractivity contribution is 0.00578. The lowest BCUT2D eigenvalue weighted by Crippen LogP contribution is -2.41. The van der Waals surface area contributed by atoms with Gasteiger partial charge < -0.3 is 14.0 Å². The minimum absolute atomic E-state index is 0.403. The van der Waals surface area contributed by atoms with E-state index in [1.54, 1.807) is 19.2 Å². The summed E-state index contributed by atoms with van der Waals surface area (Å²) >= 11 is 0. The number of nitrogens with zero attached hydrogens (tertiary/aromatic N) is 1. The quantitative estimate of drug-likeness (QED) is 0.775. The van der Waals surface area contributed by atoms with Crippen LogP contribution in [0.25, 0.3) is 0 Å². The van der Waals surface area contributed by atoms with Crippen molar-refractivity contribution in [2.24, 2.45) is 0 Å². The fraction of sp³-hybridized carbons (Fsp3) is 0.533. The van der Waals surface area contributed by atoms with E-state index in [2.05, 4.69) is 6.07 Å². The maximum atomic E-state index is 9.13. The topological polar surface area (TPSA) is 51.5 Å². The zero-order chi connectivity index (χ0) is 15.1. The predicted octanol–water partition coefficient (Wildman–Crippen LogP) is 2.17. The molecule has 0 N–H and O–H groups in total. The molecule has 4 nitrogen and oxygen atoms in total. The Morgan fingerprint density at radius 2 is 1.70 bits per heavy atom. The SMILES string of the molecule is COc1cc(C#N)cc(B2OC(C)(C)C(C)(C)O2)c1C. The molecular weight excluding hydrogens is 253 g/mol. The average molecular weight is 273 g/mol. The molecule has 0 radical (unpaired) electrons. The zero-order valence-electron chi connectivity index (χ0n) is 12.9. The second-order valence-corrected chi connectivity index (χ2v) is 6.09. The number of hydrogen-bond donors (Lipinski definition) is 0. The number of rotatable bonds is 2. The molecule has 0 aliphatic carbocycles. The maximum Gasteiger partial charge on any atom is 0.495 e. The molecule has 1 heterocycles. The van der Waals surface area contributed by atoms with Gasteiger partial charge in [-0.15, -0.1) is 0 Å². The highest BCUT2D eigenvalue weighted by molar-refractivity contribution is 6.62. The molecule has 0 saturated carbocycles. The van der Waals surface area contributed by atoms with Gasteiger partial charge in [0.25, 0.3) is 0 Å². The fourth-order valence-electron chi connectivity index (χ4n) is 2.20. The lowest BCUT2D eigenvalue weighted by atomic mass is 9.75. The second kappa shape index (κ2) is 4.80. The van der Waals surface area contributed by atoms with Gasteiger partial charge in [-0.1, -0.05) is 0 Å². The van der Waals surface area contributed by atoms with Crippen molar-refractivity contribution in [3.8, 4) is 11.8 Å². The van der Waals surface area contributed by atoms with Gasteiger partial charge in [-0.3, -0.25) is 0 Å². The van der Waals surface area contributed by atoms with Gasteiger partial charge >= 0.3 is 7.12 Å². The van der Waals surface area contributed by atoms with Gasteiger partial charge in [0.2, 0.25) is 0 Å². The highest BCUT2D eigenvalue weighted by atomic mass is 16.7. The number of nitriles is 1. The number of benzene rings is 1. The van der Waals surface area contributed by atoms with Crippen molar-refractivity contribution >= 4 is 12.6 Å². The summed E-state index contributed by atoms with van der Waals surface area (Å²) in [6.07, 6.45) is 0. The Hall–Kier alpha value is -1.51. The van der Waals surface area contributed by atoms with Crippen molar-refractivity contribution in [3.05, 3.63) is 23.3 Å². The fourth-order valence-corrected chi connectivity index (χ4v) is 2.20. The third-order valence-corrected chi connectivity index (χ3v) is 4.26. The van der Waals surface area contributed by atoms with Gasteiger partial charge in [-0.2, -0.15) is 5.26 Å². The molecule has 1 aliphatic heterocycles. The van der Waals surface area contributed by atoms with Gasteiger partial charge in [-0.25, -0.2) is 0 Å². The van der Waals surface area contributed by atoms with Crippen LogP contribution in [0.5, 0.6) is 5.75 Å². The molecule has 0 bridgehead atoms. The van der Waals surface area contributed by atoms with Gasteiger partial charge in [0.05, 0.1) is 29.9 Å². The molecule has 0 unspecified atom stereocenters. The number of methoxy groups -OCH3 is 1. The van der Waals surface area contributed by atoms with Crippen LogP contribution < -0.4 is 10.2 Å². The summed E-state index contributed by atoms with van der Waals surface area (Å²) in [4.78, 5) is 0. The van der Waals surface area contributed by atoms with Crippen LogP contribution in [-0.2, 0) is 9.31 Å². The van der Waals surface area contributed by atoms with Gasteiger partial charge in [0.1, 0.15) is 5.75 Å². The summed E-state index contributed by atoms with van der Waals surface area (Å²) in [6.45, 7) is 9.98. The summed E-state index contributed by atoms with van der Waals surface area (Å²) in [5.74, 6) is 0.675. The third-order valence-electron chi connectivity index (χ3n) is 4.26. The van der Waals surface area contributed by atoms with Crippen LogP contribution >= 0.6 is 0 Å². The Bertz CT molecular complexity index is 559. The molecule has 1 aromatic carbocycles. The second-order valence-electron chi connectivity index (χ2n) is 6.09. The van der Waals surface area contributed by atoms with E-state index in [4.69, 9.17) is 19.3 Å². The molecule has 2 rings (SSSR count). The molecule has 5 heteroatoms. The first kappa shape index (κ1) is 14.9. The summed E-state index contributed by atoms with van der Waals surface area (Å²) in [7, 11) is 1.11. The highest BCUT2D eigenvalue weighted by Crippen LogP contribution is 2.37. The largest absolute Gasteiger partial charge is 0.496 e. The van der Waals surface area contributed by atoms with Crippen LogP contribution in [0.1, 0.15) is 38.8 Å². The molecule has 0 aromatic heterocycles. The Labute approximate surface area is 120 Å². The molecule has 1 saturated heterocycles. The van der Waals surface area contributed by atoms with Gasteiger partial charge in [0, 0.05) is 0 Å². The van der Waals surface area contributed by atoms with Crippen molar-refractivity contribution in [2.75, 3.05) is 7.11 Å². The minimum atomic E-state index is -0.484. The van der Waals surface area contributed by atoms with Crippen molar-refractivity contribution in [3.63, 3.8) is 0 Å². The van der Waals surface area contributed by atoms with E-state index < -0.39 is 18.3 Å². The molecule has 0 spiro atoms. The minimum Gasteiger partial charge on any atom is -0.496 e. The third kappa shape index (κ3) is 2.30. The lowest BCUT2D eigenvalue weighted by Gasteiger charge is -2.32. The van der Waals surface area contributed by atoms with E-state index in [1.807, 2.05) is 34.6 Å². The Kier molecular flexibility index (Phi) is 3.57. The van der Waals surface area contributed by atoms with Crippen LogP contribution in [0.3, 0.4) is 0 Å². The predicted molar refractivity (Wildman–Crippen MR) is 78.2 cm³/mol. The molecular formula is C15H20BNO3. The first-order valence-electron chi connectivity index (χ1n) is 6.66. The number of ether oxygens (including phenoxy) is 1. The first-order valence-corrected chi connectivity index (χ1v) is 6.66. The van der Waals surface area contributed by atoms with E-state index in [0.717, 1.165) is 11.0 Å². The van der Waals surface area contributed by atoms with Crippen molar-refractivity contribution in [1.29, 1.82) is 5.26 Å². The van der Waals surface area contributed by atoms with E-state index in [1.165, 1.54) is 0 Å². The number of hydrogen-bond acceptors (Lipinski definition) is 4. The monoisotopic (exact) mass is 273 g/mol. The first-order chi connectivity index (χ1) is 9.21. The Morgan fingerprint density at radius 1 is 1.15 bits per heavy atom. The maximum absolute atomic E-state index is 9.13. The van der Waals surface area contributed by atoms with Crippen molar-refractivity contribution in [2.45, 2.75) is 45.8 Å². The normalized spacial score (nSPS) is 19.8. The van der Waals surface area contributed by atoms with Gasteiger partial charge in [-0.05, 0) is 57.8 Å². The smallest absolute Gasteiger partial charge is 0.495 e. The van der Waals surface area contributed by atoms with E-state index in [0.29, 0.717) is 11.3 Å². The molecule has 1 aliphatic rings. The molecule has 0 amide bonds. The molecule has 106 valence electrons.